The van der Waals surface area contributed by atoms with Gasteiger partial charge >= 0.3 is 0 Å². The third-order valence-electron chi connectivity index (χ3n) is 6.22. The van der Waals surface area contributed by atoms with E-state index in [9.17, 15) is 9.90 Å². The van der Waals surface area contributed by atoms with Gasteiger partial charge in [0.15, 0.2) is 5.76 Å². The van der Waals surface area contributed by atoms with Crippen molar-refractivity contribution < 1.29 is 24.1 Å². The smallest absolute Gasteiger partial charge is 0.286 e. The van der Waals surface area contributed by atoms with Gasteiger partial charge in [0.25, 0.3) is 5.91 Å². The number of aromatic amines is 1. The van der Waals surface area contributed by atoms with Gasteiger partial charge in [-0.15, -0.1) is 0 Å². The van der Waals surface area contributed by atoms with E-state index in [0.717, 1.165) is 34.2 Å². The normalized spacial score (nSPS) is 20.1. The molecule has 34 heavy (non-hydrogen) atoms. The molecule has 3 aromatic rings. The van der Waals surface area contributed by atoms with Crippen LogP contribution in [-0.4, -0.2) is 49.2 Å². The molecule has 2 aromatic heterocycles. The molecule has 0 saturated heterocycles. The number of methoxy groups -OCH3 is 1. The summed E-state index contributed by atoms with van der Waals surface area (Å²) in [5.41, 5.74) is 3.28. The molecule has 3 atom stereocenters. The van der Waals surface area contributed by atoms with E-state index in [-0.39, 0.29) is 30.1 Å². The van der Waals surface area contributed by atoms with Crippen LogP contribution in [0, 0.1) is 5.92 Å². The Morgan fingerprint density at radius 1 is 1.32 bits per heavy atom. The first-order valence-electron chi connectivity index (χ1n) is 11.7. The fourth-order valence-electron chi connectivity index (χ4n) is 4.50. The number of aliphatic hydroxyl groups excluding tert-OH is 1. The number of aromatic nitrogens is 1. The number of fused-ring (bicyclic) bond motifs is 1. The third kappa shape index (κ3) is 5.46. The Hall–Kier alpha value is -2.81. The summed E-state index contributed by atoms with van der Waals surface area (Å²) >= 11 is 1.63. The van der Waals surface area contributed by atoms with Crippen molar-refractivity contribution in [3.8, 4) is 5.75 Å². The Balaban J connectivity index is 1.47. The molecule has 0 spiro atoms. The summed E-state index contributed by atoms with van der Waals surface area (Å²) in [4.78, 5) is 16.3. The fourth-order valence-corrected chi connectivity index (χ4v) is 5.21. The van der Waals surface area contributed by atoms with E-state index < -0.39 is 6.29 Å². The maximum absolute atomic E-state index is 13.1. The molecule has 0 aliphatic carbocycles. The number of amides is 1. The number of carbonyl (C=O) groups is 1. The van der Waals surface area contributed by atoms with Crippen molar-refractivity contribution in [3.05, 3.63) is 64.2 Å². The van der Waals surface area contributed by atoms with Crippen molar-refractivity contribution in [1.82, 2.24) is 10.3 Å². The van der Waals surface area contributed by atoms with E-state index in [4.69, 9.17) is 14.2 Å². The molecule has 0 unspecified atom stereocenters. The van der Waals surface area contributed by atoms with Gasteiger partial charge in [0.1, 0.15) is 5.75 Å². The van der Waals surface area contributed by atoms with Crippen LogP contribution in [0.4, 0.5) is 0 Å². The molecule has 1 aliphatic rings. The van der Waals surface area contributed by atoms with Crippen LogP contribution in [0.5, 0.6) is 5.75 Å². The van der Waals surface area contributed by atoms with Gasteiger partial charge in [0, 0.05) is 48.7 Å². The van der Waals surface area contributed by atoms with Gasteiger partial charge in [0.05, 0.1) is 7.11 Å². The Morgan fingerprint density at radius 2 is 2.21 bits per heavy atom. The molecule has 182 valence electrons. The van der Waals surface area contributed by atoms with Gasteiger partial charge in [-0.25, -0.2) is 0 Å². The van der Waals surface area contributed by atoms with Crippen LogP contribution in [0.2, 0.25) is 0 Å². The number of aliphatic hydroxyl groups is 1. The minimum Gasteiger partial charge on any atom is -0.497 e. The maximum atomic E-state index is 13.1. The molecule has 1 aromatic carbocycles. The number of carbonyl (C=O) groups excluding carboxylic acids is 1. The van der Waals surface area contributed by atoms with Crippen LogP contribution >= 0.6 is 11.3 Å². The summed E-state index contributed by atoms with van der Waals surface area (Å²) < 4.78 is 17.3. The number of allylic oxidation sites excluding steroid dienone is 1. The average molecular weight is 485 g/mol. The predicted molar refractivity (Wildman–Crippen MR) is 133 cm³/mol. The number of ether oxygens (including phenoxy) is 3. The molecule has 0 fully saturated rings. The molecule has 0 saturated carbocycles. The standard InChI is InChI=1S/C26H32N2O5S/c1-3-32-26-20(5-4-11-29)21(18-9-12-34-16-18)14-24(33-26)25(30)27-10-8-17-15-28-23-7-6-19(31-2)13-22(17)23/h6-7,9,12-16,20-21,26,28-29H,3-5,8,10-11H2,1-2H3,(H,27,30)/t20-,21-,26-/m0/s1. The summed E-state index contributed by atoms with van der Waals surface area (Å²) in [6.45, 7) is 2.98. The first-order chi connectivity index (χ1) is 16.6. The largest absolute Gasteiger partial charge is 0.497 e. The van der Waals surface area contributed by atoms with Gasteiger partial charge in [-0.2, -0.15) is 11.3 Å². The van der Waals surface area contributed by atoms with Crippen LogP contribution in [0.3, 0.4) is 0 Å². The second kappa shape index (κ2) is 11.6. The zero-order valence-corrected chi connectivity index (χ0v) is 20.4. The van der Waals surface area contributed by atoms with Crippen LogP contribution in [0.15, 0.2) is 53.1 Å². The van der Waals surface area contributed by atoms with Crippen molar-refractivity contribution in [2.45, 2.75) is 38.4 Å². The van der Waals surface area contributed by atoms with Crippen molar-refractivity contribution in [1.29, 1.82) is 0 Å². The zero-order chi connectivity index (χ0) is 23.9. The van der Waals surface area contributed by atoms with Gasteiger partial charge in [-0.05, 0) is 78.4 Å². The molecule has 1 amide bonds. The highest BCUT2D eigenvalue weighted by Gasteiger charge is 2.37. The first kappa shape index (κ1) is 24.3. The van der Waals surface area contributed by atoms with Gasteiger partial charge in [0.2, 0.25) is 6.29 Å². The van der Waals surface area contributed by atoms with E-state index in [1.807, 2.05) is 42.8 Å². The summed E-state index contributed by atoms with van der Waals surface area (Å²) in [6.07, 6.45) is 5.42. The first-order valence-corrected chi connectivity index (χ1v) is 12.6. The van der Waals surface area contributed by atoms with E-state index in [2.05, 4.69) is 21.7 Å². The Morgan fingerprint density at radius 3 is 2.94 bits per heavy atom. The van der Waals surface area contributed by atoms with Crippen LogP contribution in [-0.2, 0) is 20.7 Å². The minimum absolute atomic E-state index is 0.00932. The van der Waals surface area contributed by atoms with Crippen molar-refractivity contribution in [3.63, 3.8) is 0 Å². The lowest BCUT2D eigenvalue weighted by atomic mass is 9.81. The summed E-state index contributed by atoms with van der Waals surface area (Å²) in [7, 11) is 1.65. The molecule has 3 N–H and O–H groups in total. The SMILES string of the molecule is CCO[C@H]1OC(C(=O)NCCc2c[nH]c3ccc(OC)cc23)=C[C@@H](c2ccsc2)[C@@H]1CCCO. The molecule has 0 bridgehead atoms. The van der Waals surface area contributed by atoms with Crippen molar-refractivity contribution in [2.24, 2.45) is 5.92 Å². The number of hydrogen-bond acceptors (Lipinski definition) is 6. The number of H-pyrrole nitrogens is 1. The highest BCUT2D eigenvalue weighted by atomic mass is 32.1. The number of thiophene rings is 1. The molecular weight excluding hydrogens is 452 g/mol. The van der Waals surface area contributed by atoms with Crippen molar-refractivity contribution >= 4 is 28.1 Å². The third-order valence-corrected chi connectivity index (χ3v) is 6.92. The fraction of sp³-hybridized carbons (Fsp3) is 0.423. The molecule has 1 aliphatic heterocycles. The zero-order valence-electron chi connectivity index (χ0n) is 19.6. The summed E-state index contributed by atoms with van der Waals surface area (Å²) in [5.74, 6) is 0.859. The van der Waals surface area contributed by atoms with Gasteiger partial charge < -0.3 is 29.6 Å². The van der Waals surface area contributed by atoms with Gasteiger partial charge in [-0.1, -0.05) is 0 Å². The lowest BCUT2D eigenvalue weighted by molar-refractivity contribution is -0.166. The number of benzene rings is 1. The second-order valence-corrected chi connectivity index (χ2v) is 9.10. The Labute approximate surface area is 203 Å². The molecule has 4 rings (SSSR count). The Kier molecular flexibility index (Phi) is 8.26. The molecule has 3 heterocycles. The number of nitrogens with one attached hydrogen (secondary N) is 2. The predicted octanol–water partition coefficient (Wildman–Crippen LogP) is 4.35. The monoisotopic (exact) mass is 484 g/mol. The lowest BCUT2D eigenvalue weighted by Gasteiger charge is -2.36. The quantitative estimate of drug-likeness (QED) is 0.376. The molecular formula is C26H32N2O5S. The van der Waals surface area contributed by atoms with E-state index in [1.165, 1.54) is 0 Å². The maximum Gasteiger partial charge on any atom is 0.286 e. The van der Waals surface area contributed by atoms with E-state index in [1.54, 1.807) is 18.4 Å². The topological polar surface area (TPSA) is 92.8 Å². The van der Waals surface area contributed by atoms with E-state index in [0.29, 0.717) is 26.0 Å². The summed E-state index contributed by atoms with van der Waals surface area (Å²) in [5, 5.41) is 17.6. The van der Waals surface area contributed by atoms with Gasteiger partial charge in [-0.3, -0.25) is 4.79 Å². The molecule has 7 nitrogen and oxygen atoms in total. The van der Waals surface area contributed by atoms with Crippen LogP contribution in [0.1, 0.15) is 36.8 Å². The van der Waals surface area contributed by atoms with E-state index >= 15 is 0 Å². The Bertz CT molecular complexity index is 1110. The van der Waals surface area contributed by atoms with Crippen LogP contribution in [0.25, 0.3) is 10.9 Å². The number of hydrogen-bond donors (Lipinski definition) is 3. The average Bonchev–Trinajstić information content (AvgIpc) is 3.53. The summed E-state index contributed by atoms with van der Waals surface area (Å²) in [6, 6.07) is 7.99. The van der Waals surface area contributed by atoms with Crippen molar-refractivity contribution in [2.75, 3.05) is 26.9 Å². The molecule has 0 radical (unpaired) electrons. The molecule has 8 heteroatoms. The lowest BCUT2D eigenvalue weighted by Crippen LogP contribution is -2.39. The highest BCUT2D eigenvalue weighted by molar-refractivity contribution is 7.08. The number of rotatable bonds is 11. The highest BCUT2D eigenvalue weighted by Crippen LogP contribution is 2.40. The van der Waals surface area contributed by atoms with Crippen LogP contribution < -0.4 is 10.1 Å². The minimum atomic E-state index is -0.534. The second-order valence-electron chi connectivity index (χ2n) is 8.32.